The predicted octanol–water partition coefficient (Wildman–Crippen LogP) is 2.62. The number of benzene rings is 2. The SMILES string of the molecule is COc1cc(CCN(C)CC(=O)N(C)C)ccc1-c1ccc(C(=O)O)cc1. The topological polar surface area (TPSA) is 70.1 Å². The van der Waals surface area contributed by atoms with Gasteiger partial charge in [0.1, 0.15) is 5.75 Å². The monoisotopic (exact) mass is 370 g/mol. The highest BCUT2D eigenvalue weighted by molar-refractivity contribution is 5.88. The zero-order valence-electron chi connectivity index (χ0n) is 16.2. The van der Waals surface area contributed by atoms with Crippen LogP contribution in [0.1, 0.15) is 15.9 Å². The molecule has 6 heteroatoms. The maximum absolute atomic E-state index is 11.8. The average molecular weight is 370 g/mol. The van der Waals surface area contributed by atoms with Crippen LogP contribution in [0.4, 0.5) is 0 Å². The van der Waals surface area contributed by atoms with E-state index in [0.29, 0.717) is 6.54 Å². The lowest BCUT2D eigenvalue weighted by Gasteiger charge is -2.19. The molecule has 1 amide bonds. The average Bonchev–Trinajstić information content (AvgIpc) is 2.66. The van der Waals surface area contributed by atoms with Crippen LogP contribution in [0.25, 0.3) is 11.1 Å². The Morgan fingerprint density at radius 2 is 1.70 bits per heavy atom. The summed E-state index contributed by atoms with van der Waals surface area (Å²) >= 11 is 0. The Kier molecular flexibility index (Phi) is 6.96. The Morgan fingerprint density at radius 3 is 2.26 bits per heavy atom. The lowest BCUT2D eigenvalue weighted by Crippen LogP contribution is -2.35. The molecule has 0 atom stereocenters. The number of methoxy groups -OCH3 is 1. The molecule has 1 N–H and O–H groups in total. The molecule has 0 aliphatic rings. The van der Waals surface area contributed by atoms with E-state index in [0.717, 1.165) is 35.4 Å². The molecule has 2 rings (SSSR count). The van der Waals surface area contributed by atoms with Crippen molar-refractivity contribution in [1.29, 1.82) is 0 Å². The molecule has 144 valence electrons. The van der Waals surface area contributed by atoms with Gasteiger partial charge in [0.25, 0.3) is 0 Å². The minimum absolute atomic E-state index is 0.0789. The van der Waals surface area contributed by atoms with Crippen molar-refractivity contribution in [2.45, 2.75) is 6.42 Å². The van der Waals surface area contributed by atoms with Crippen molar-refractivity contribution in [2.75, 3.05) is 41.3 Å². The summed E-state index contributed by atoms with van der Waals surface area (Å²) in [5.74, 6) is -0.126. The van der Waals surface area contributed by atoms with Crippen LogP contribution in [0.5, 0.6) is 5.75 Å². The second kappa shape index (κ2) is 9.19. The number of carbonyl (C=O) groups is 2. The molecule has 0 aliphatic carbocycles. The fourth-order valence-corrected chi connectivity index (χ4v) is 2.69. The van der Waals surface area contributed by atoms with Gasteiger partial charge in [0.15, 0.2) is 0 Å². The van der Waals surface area contributed by atoms with Crippen molar-refractivity contribution >= 4 is 11.9 Å². The van der Waals surface area contributed by atoms with Crippen molar-refractivity contribution in [1.82, 2.24) is 9.80 Å². The number of ether oxygens (including phenoxy) is 1. The lowest BCUT2D eigenvalue weighted by molar-refractivity contribution is -0.129. The molecule has 0 saturated heterocycles. The van der Waals surface area contributed by atoms with E-state index in [4.69, 9.17) is 9.84 Å². The fraction of sp³-hybridized carbons (Fsp3) is 0.333. The van der Waals surface area contributed by atoms with Crippen molar-refractivity contribution in [3.63, 3.8) is 0 Å². The Bertz CT molecular complexity index is 800. The van der Waals surface area contributed by atoms with E-state index in [1.165, 1.54) is 0 Å². The van der Waals surface area contributed by atoms with Gasteiger partial charge in [0.05, 0.1) is 19.2 Å². The lowest BCUT2D eigenvalue weighted by atomic mass is 10.00. The van der Waals surface area contributed by atoms with Crippen LogP contribution in [-0.2, 0) is 11.2 Å². The molecule has 0 saturated carbocycles. The van der Waals surface area contributed by atoms with Crippen LogP contribution in [0.2, 0.25) is 0 Å². The second-order valence-electron chi connectivity index (χ2n) is 6.69. The van der Waals surface area contributed by atoms with E-state index < -0.39 is 5.97 Å². The van der Waals surface area contributed by atoms with E-state index in [-0.39, 0.29) is 11.5 Å². The number of aromatic carboxylic acids is 1. The van der Waals surface area contributed by atoms with Crippen LogP contribution in [0.15, 0.2) is 42.5 Å². The van der Waals surface area contributed by atoms with Gasteiger partial charge in [-0.25, -0.2) is 4.79 Å². The number of nitrogens with zero attached hydrogens (tertiary/aromatic N) is 2. The quantitative estimate of drug-likeness (QED) is 0.774. The molecule has 2 aromatic carbocycles. The summed E-state index contributed by atoms with van der Waals surface area (Å²) in [5.41, 5.74) is 3.18. The zero-order chi connectivity index (χ0) is 20.0. The van der Waals surface area contributed by atoms with Crippen molar-refractivity contribution in [2.24, 2.45) is 0 Å². The maximum Gasteiger partial charge on any atom is 0.335 e. The van der Waals surface area contributed by atoms with Gasteiger partial charge in [-0.2, -0.15) is 0 Å². The molecular weight excluding hydrogens is 344 g/mol. The number of carboxylic acids is 1. The Hall–Kier alpha value is -2.86. The van der Waals surface area contributed by atoms with Gasteiger partial charge in [-0.3, -0.25) is 9.69 Å². The third-order valence-corrected chi connectivity index (χ3v) is 4.39. The maximum atomic E-state index is 11.8. The molecule has 2 aromatic rings. The molecular formula is C21H26N2O4. The third kappa shape index (κ3) is 5.56. The highest BCUT2D eigenvalue weighted by atomic mass is 16.5. The van der Waals surface area contributed by atoms with Crippen LogP contribution in [0.3, 0.4) is 0 Å². The number of rotatable bonds is 8. The molecule has 0 fully saturated rings. The Balaban J connectivity index is 2.09. The number of carboxylic acid groups (broad SMARTS) is 1. The number of carbonyl (C=O) groups excluding carboxylic acids is 1. The van der Waals surface area contributed by atoms with Crippen molar-refractivity contribution in [3.8, 4) is 16.9 Å². The van der Waals surface area contributed by atoms with Crippen LogP contribution in [0, 0.1) is 0 Å². The van der Waals surface area contributed by atoms with Gasteiger partial charge < -0.3 is 14.7 Å². The minimum Gasteiger partial charge on any atom is -0.496 e. The number of amides is 1. The first-order valence-corrected chi connectivity index (χ1v) is 8.71. The van der Waals surface area contributed by atoms with Gasteiger partial charge in [-0.05, 0) is 42.8 Å². The molecule has 0 aliphatic heterocycles. The summed E-state index contributed by atoms with van der Waals surface area (Å²) in [6.45, 7) is 1.15. The largest absolute Gasteiger partial charge is 0.496 e. The molecule has 27 heavy (non-hydrogen) atoms. The van der Waals surface area contributed by atoms with E-state index in [9.17, 15) is 9.59 Å². The third-order valence-electron chi connectivity index (χ3n) is 4.39. The number of hydrogen-bond donors (Lipinski definition) is 1. The van der Waals surface area contributed by atoms with E-state index >= 15 is 0 Å². The fourth-order valence-electron chi connectivity index (χ4n) is 2.69. The second-order valence-corrected chi connectivity index (χ2v) is 6.69. The Labute approximate surface area is 160 Å². The van der Waals surface area contributed by atoms with Crippen LogP contribution < -0.4 is 4.74 Å². The molecule has 0 spiro atoms. The van der Waals surface area contributed by atoms with Gasteiger partial charge in [0, 0.05) is 26.2 Å². The first kappa shape index (κ1) is 20.5. The van der Waals surface area contributed by atoms with E-state index in [1.807, 2.05) is 30.1 Å². The Morgan fingerprint density at radius 1 is 1.04 bits per heavy atom. The molecule has 6 nitrogen and oxygen atoms in total. The predicted molar refractivity (Wildman–Crippen MR) is 105 cm³/mol. The summed E-state index contributed by atoms with van der Waals surface area (Å²) in [4.78, 5) is 26.3. The minimum atomic E-state index is -0.944. The van der Waals surface area contributed by atoms with Gasteiger partial charge in [0.2, 0.25) is 5.91 Å². The normalized spacial score (nSPS) is 10.7. The zero-order valence-corrected chi connectivity index (χ0v) is 16.2. The van der Waals surface area contributed by atoms with Gasteiger partial charge >= 0.3 is 5.97 Å². The van der Waals surface area contributed by atoms with Gasteiger partial charge in [-0.15, -0.1) is 0 Å². The number of likely N-dealkylation sites (N-methyl/N-ethyl adjacent to an activating group) is 2. The standard InChI is InChI=1S/C21H26N2O4/c1-22(2)20(24)14-23(3)12-11-15-5-10-18(19(13-15)27-4)16-6-8-17(9-7-16)21(25)26/h5-10,13H,11-12,14H2,1-4H3,(H,25,26). The summed E-state index contributed by atoms with van der Waals surface area (Å²) in [5, 5.41) is 9.02. The van der Waals surface area contributed by atoms with Crippen LogP contribution in [-0.4, -0.2) is 68.1 Å². The summed E-state index contributed by atoms with van der Waals surface area (Å²) < 4.78 is 5.53. The van der Waals surface area contributed by atoms with Crippen LogP contribution >= 0.6 is 0 Å². The highest BCUT2D eigenvalue weighted by Gasteiger charge is 2.11. The summed E-state index contributed by atoms with van der Waals surface area (Å²) in [6.07, 6.45) is 0.797. The molecule has 0 aromatic heterocycles. The molecule has 0 heterocycles. The molecule has 0 unspecified atom stereocenters. The summed E-state index contributed by atoms with van der Waals surface area (Å²) in [7, 11) is 7.05. The van der Waals surface area contributed by atoms with E-state index in [2.05, 4.69) is 0 Å². The first-order valence-electron chi connectivity index (χ1n) is 8.71. The smallest absolute Gasteiger partial charge is 0.335 e. The summed E-state index contributed by atoms with van der Waals surface area (Å²) in [6, 6.07) is 12.7. The van der Waals surface area contributed by atoms with E-state index in [1.54, 1.807) is 50.4 Å². The first-order chi connectivity index (χ1) is 12.8. The number of hydrogen-bond acceptors (Lipinski definition) is 4. The van der Waals surface area contributed by atoms with Gasteiger partial charge in [-0.1, -0.05) is 24.3 Å². The highest BCUT2D eigenvalue weighted by Crippen LogP contribution is 2.31. The molecule has 0 bridgehead atoms. The molecule has 0 radical (unpaired) electrons. The van der Waals surface area contributed by atoms with Crippen molar-refractivity contribution in [3.05, 3.63) is 53.6 Å². The van der Waals surface area contributed by atoms with Crippen molar-refractivity contribution < 1.29 is 19.4 Å².